The lowest BCUT2D eigenvalue weighted by atomic mass is 10.0. The third kappa shape index (κ3) is 8.08. The van der Waals surface area contributed by atoms with Crippen LogP contribution in [-0.2, 0) is 33.9 Å². The van der Waals surface area contributed by atoms with Crippen molar-refractivity contribution in [2.75, 3.05) is 20.1 Å². The van der Waals surface area contributed by atoms with Crippen LogP contribution in [0.25, 0.3) is 10.9 Å². The maximum Gasteiger partial charge on any atom is 0.246 e. The van der Waals surface area contributed by atoms with Crippen molar-refractivity contribution in [1.82, 2.24) is 30.8 Å². The SMILES string of the molecule is CN1C(=O)[C@H](CN)NC(=O)[C@H](CCCN)NCc2cccnc2Sc2c(Cl)ccc(Cl)c2CNC(=O)[C@@H]1Cc1c[nH]c2ccccc12. The first-order valence-electron chi connectivity index (χ1n) is 15.3. The molecule has 14 heteroatoms. The van der Waals surface area contributed by atoms with E-state index in [1.807, 2.05) is 42.6 Å². The molecule has 1 aliphatic rings. The van der Waals surface area contributed by atoms with Crippen LogP contribution < -0.4 is 27.4 Å². The van der Waals surface area contributed by atoms with E-state index in [9.17, 15) is 14.4 Å². The third-order valence-corrected chi connectivity index (χ3v) is 10.3. The highest BCUT2D eigenvalue weighted by atomic mass is 35.5. The van der Waals surface area contributed by atoms with Gasteiger partial charge in [-0.25, -0.2) is 4.98 Å². The maximum absolute atomic E-state index is 14.1. The zero-order valence-electron chi connectivity index (χ0n) is 25.9. The van der Waals surface area contributed by atoms with Gasteiger partial charge in [-0.05, 0) is 54.8 Å². The van der Waals surface area contributed by atoms with E-state index < -0.39 is 35.8 Å². The van der Waals surface area contributed by atoms with Crippen LogP contribution in [0.2, 0.25) is 10.0 Å². The molecule has 1 aliphatic heterocycles. The molecule has 248 valence electrons. The van der Waals surface area contributed by atoms with Crippen LogP contribution in [-0.4, -0.2) is 70.9 Å². The average molecular weight is 698 g/mol. The molecule has 5 rings (SSSR count). The van der Waals surface area contributed by atoms with E-state index in [1.54, 1.807) is 25.4 Å². The van der Waals surface area contributed by atoms with Crippen molar-refractivity contribution in [3.63, 3.8) is 0 Å². The number of nitrogens with two attached hydrogens (primary N) is 2. The number of hydrogen-bond donors (Lipinski definition) is 6. The van der Waals surface area contributed by atoms with Crippen molar-refractivity contribution in [2.24, 2.45) is 11.5 Å². The summed E-state index contributed by atoms with van der Waals surface area (Å²) in [6.07, 6.45) is 4.72. The van der Waals surface area contributed by atoms with Gasteiger partial charge >= 0.3 is 0 Å². The quantitative estimate of drug-likeness (QED) is 0.178. The molecule has 2 aromatic heterocycles. The predicted octanol–water partition coefficient (Wildman–Crippen LogP) is 3.36. The van der Waals surface area contributed by atoms with Gasteiger partial charge in [-0.2, -0.15) is 0 Å². The summed E-state index contributed by atoms with van der Waals surface area (Å²) in [6.45, 7) is 0.579. The van der Waals surface area contributed by atoms with Gasteiger partial charge in [0.2, 0.25) is 17.7 Å². The Hall–Kier alpha value is -3.65. The van der Waals surface area contributed by atoms with E-state index in [-0.39, 0.29) is 19.5 Å². The molecule has 11 nitrogen and oxygen atoms in total. The fraction of sp³-hybridized carbons (Fsp3) is 0.333. The molecular formula is C33H38Cl2N8O3S. The molecule has 3 amide bonds. The van der Waals surface area contributed by atoms with Gasteiger partial charge in [-0.3, -0.25) is 14.4 Å². The number of rotatable bonds is 6. The molecule has 4 aromatic rings. The van der Waals surface area contributed by atoms with Gasteiger partial charge in [0.25, 0.3) is 0 Å². The molecule has 8 N–H and O–H groups in total. The first kappa shape index (κ1) is 34.7. The van der Waals surface area contributed by atoms with Crippen molar-refractivity contribution in [1.29, 1.82) is 0 Å². The smallest absolute Gasteiger partial charge is 0.246 e. The van der Waals surface area contributed by atoms with Gasteiger partial charge in [0.15, 0.2) is 0 Å². The molecule has 0 unspecified atom stereocenters. The zero-order chi connectivity index (χ0) is 33.5. The minimum atomic E-state index is -1.07. The second-order valence-corrected chi connectivity index (χ2v) is 13.1. The number of aromatic nitrogens is 2. The van der Waals surface area contributed by atoms with Gasteiger partial charge in [0.1, 0.15) is 17.1 Å². The number of para-hydroxylation sites is 1. The van der Waals surface area contributed by atoms with Crippen molar-refractivity contribution in [2.45, 2.75) is 60.4 Å². The second-order valence-electron chi connectivity index (χ2n) is 11.3. The lowest BCUT2D eigenvalue weighted by Crippen LogP contribution is -2.59. The number of hydrogen-bond acceptors (Lipinski definition) is 8. The summed E-state index contributed by atoms with van der Waals surface area (Å²) in [5.41, 5.74) is 15.0. The second kappa shape index (κ2) is 16.0. The van der Waals surface area contributed by atoms with E-state index in [0.717, 1.165) is 22.0 Å². The highest BCUT2D eigenvalue weighted by Crippen LogP contribution is 2.39. The van der Waals surface area contributed by atoms with Gasteiger partial charge < -0.3 is 37.3 Å². The molecule has 0 saturated carbocycles. The lowest BCUT2D eigenvalue weighted by Gasteiger charge is -2.31. The summed E-state index contributed by atoms with van der Waals surface area (Å²) >= 11 is 14.8. The Bertz CT molecular complexity index is 1750. The summed E-state index contributed by atoms with van der Waals surface area (Å²) in [7, 11) is 1.55. The highest BCUT2D eigenvalue weighted by molar-refractivity contribution is 7.99. The number of nitrogens with zero attached hydrogens (tertiary/aromatic N) is 2. The molecule has 3 heterocycles. The fourth-order valence-corrected chi connectivity index (χ4v) is 7.20. The van der Waals surface area contributed by atoms with E-state index in [2.05, 4.69) is 25.9 Å². The number of benzene rings is 2. The van der Waals surface area contributed by atoms with Gasteiger partial charge in [-0.1, -0.05) is 59.2 Å². The van der Waals surface area contributed by atoms with Crippen LogP contribution in [0.5, 0.6) is 0 Å². The number of carbonyl (C=O) groups is 3. The van der Waals surface area contributed by atoms with E-state index >= 15 is 0 Å². The number of fused-ring (bicyclic) bond motifs is 3. The number of amides is 3. The molecule has 0 spiro atoms. The number of aromatic amines is 1. The van der Waals surface area contributed by atoms with Gasteiger partial charge in [-0.15, -0.1) is 0 Å². The largest absolute Gasteiger partial charge is 0.361 e. The topological polar surface area (TPSA) is 171 Å². The van der Waals surface area contributed by atoms with Crippen LogP contribution in [0.15, 0.2) is 70.8 Å². The van der Waals surface area contributed by atoms with Crippen LogP contribution in [0.1, 0.15) is 29.5 Å². The summed E-state index contributed by atoms with van der Waals surface area (Å²) in [5.74, 6) is -1.30. The molecule has 47 heavy (non-hydrogen) atoms. The van der Waals surface area contributed by atoms with Crippen LogP contribution in [0, 0.1) is 0 Å². The fourth-order valence-electron chi connectivity index (χ4n) is 5.58. The average Bonchev–Trinajstić information content (AvgIpc) is 3.49. The first-order chi connectivity index (χ1) is 22.7. The Kier molecular flexibility index (Phi) is 11.8. The molecular weight excluding hydrogens is 659 g/mol. The number of halogens is 2. The van der Waals surface area contributed by atoms with Crippen LogP contribution in [0.4, 0.5) is 0 Å². The molecule has 0 radical (unpaired) electrons. The normalized spacial score (nSPS) is 19.9. The van der Waals surface area contributed by atoms with Gasteiger partial charge in [0.05, 0.1) is 11.1 Å². The monoisotopic (exact) mass is 696 g/mol. The minimum absolute atomic E-state index is 0.0472. The Morgan fingerprint density at radius 1 is 0.979 bits per heavy atom. The summed E-state index contributed by atoms with van der Waals surface area (Å²) in [5, 5.41) is 11.6. The molecule has 0 fully saturated rings. The Balaban J connectivity index is 1.57. The van der Waals surface area contributed by atoms with Crippen molar-refractivity contribution in [3.05, 3.63) is 87.7 Å². The number of pyridine rings is 1. The lowest BCUT2D eigenvalue weighted by molar-refractivity contribution is -0.141. The Morgan fingerprint density at radius 3 is 2.55 bits per heavy atom. The zero-order valence-corrected chi connectivity index (χ0v) is 28.2. The summed E-state index contributed by atoms with van der Waals surface area (Å²) < 4.78 is 0. The van der Waals surface area contributed by atoms with E-state index in [0.29, 0.717) is 51.5 Å². The van der Waals surface area contributed by atoms with E-state index in [1.165, 1.54) is 16.7 Å². The highest BCUT2D eigenvalue weighted by Gasteiger charge is 2.34. The van der Waals surface area contributed by atoms with Crippen molar-refractivity contribution < 1.29 is 14.4 Å². The number of carbonyl (C=O) groups excluding carboxylic acids is 3. The maximum atomic E-state index is 14.1. The predicted molar refractivity (Wildman–Crippen MR) is 185 cm³/mol. The summed E-state index contributed by atoms with van der Waals surface area (Å²) in [4.78, 5) is 51.5. The van der Waals surface area contributed by atoms with Crippen molar-refractivity contribution >= 4 is 63.6 Å². The number of likely N-dealkylation sites (N-methyl/N-ethyl adjacent to an activating group) is 1. The standard InChI is InChI=1S/C33H38Cl2N8O3S/c1-43-28(14-20-17-39-25-8-3-2-7-21(20)25)31(45)41-18-22-23(34)10-11-24(35)29(22)47-32-19(6-5-13-38-32)16-40-26(9-4-12-36)30(44)42-27(15-37)33(43)46/h2-3,5-8,10-11,13,17,26-28,39-40H,4,9,12,14-16,18,36-37H2,1H3,(H,41,45)(H,42,44)/t26-,27-,28-/m0/s1. The van der Waals surface area contributed by atoms with Crippen LogP contribution >= 0.6 is 35.0 Å². The van der Waals surface area contributed by atoms with E-state index in [4.69, 9.17) is 34.7 Å². The number of H-pyrrole nitrogens is 1. The molecule has 3 atom stereocenters. The molecule has 2 aromatic carbocycles. The third-order valence-electron chi connectivity index (χ3n) is 8.25. The van der Waals surface area contributed by atoms with Crippen LogP contribution in [0.3, 0.4) is 0 Å². The summed E-state index contributed by atoms with van der Waals surface area (Å²) in [6, 6.07) is 12.1. The van der Waals surface area contributed by atoms with Crippen molar-refractivity contribution in [3.8, 4) is 0 Å². The Morgan fingerprint density at radius 2 is 1.77 bits per heavy atom. The Labute approximate surface area is 287 Å². The minimum Gasteiger partial charge on any atom is -0.361 e. The first-order valence-corrected chi connectivity index (χ1v) is 16.9. The molecule has 0 aliphatic carbocycles. The number of nitrogens with one attached hydrogen (secondary N) is 4. The molecule has 0 saturated heterocycles. The van der Waals surface area contributed by atoms with Gasteiger partial charge in [0, 0.05) is 71.9 Å². The molecule has 0 bridgehead atoms.